The molecule has 0 heterocycles. The molecule has 0 rings (SSSR count). The molecule has 0 aliphatic rings. The Morgan fingerprint density at radius 3 is 2.38 bits per heavy atom. The summed E-state index contributed by atoms with van der Waals surface area (Å²) in [5.74, 6) is -1.74. The number of hydrogen-bond donors (Lipinski definition) is 0. The summed E-state index contributed by atoms with van der Waals surface area (Å²) < 4.78 is 9.03. The molecule has 0 spiro atoms. The van der Waals surface area contributed by atoms with E-state index in [0.29, 0.717) is 6.42 Å². The minimum atomic E-state index is -0.762. The van der Waals surface area contributed by atoms with Crippen LogP contribution >= 0.6 is 0 Å². The fraction of sp³-hybridized carbons (Fsp3) is 0.545. The van der Waals surface area contributed by atoms with Crippen LogP contribution in [0, 0.1) is 5.92 Å². The van der Waals surface area contributed by atoms with E-state index in [2.05, 4.69) is 9.47 Å². The van der Waals surface area contributed by atoms with Gasteiger partial charge in [-0.15, -0.1) is 0 Å². The molecule has 5 nitrogen and oxygen atoms in total. The summed E-state index contributed by atoms with van der Waals surface area (Å²) in [6, 6.07) is 0. The quantitative estimate of drug-likeness (QED) is 0.296. The fourth-order valence-electron chi connectivity index (χ4n) is 0.846. The van der Waals surface area contributed by atoms with Gasteiger partial charge >= 0.3 is 11.9 Å². The van der Waals surface area contributed by atoms with Gasteiger partial charge in [-0.25, -0.2) is 4.79 Å². The Bertz CT molecular complexity index is 291. The maximum atomic E-state index is 11.4. The van der Waals surface area contributed by atoms with Crippen molar-refractivity contribution in [2.24, 2.45) is 5.92 Å². The van der Waals surface area contributed by atoms with Gasteiger partial charge in [-0.1, -0.05) is 26.8 Å². The molecule has 0 saturated heterocycles. The summed E-state index contributed by atoms with van der Waals surface area (Å²) in [6.07, 6.45) is 2.14. The molecule has 0 aromatic carbocycles. The first-order valence-electron chi connectivity index (χ1n) is 5.03. The molecule has 16 heavy (non-hydrogen) atoms. The highest BCUT2D eigenvalue weighted by Crippen LogP contribution is 2.04. The van der Waals surface area contributed by atoms with Gasteiger partial charge in [-0.2, -0.15) is 0 Å². The van der Waals surface area contributed by atoms with Crippen molar-refractivity contribution >= 4 is 18.4 Å². The first-order valence-corrected chi connectivity index (χ1v) is 5.03. The first-order chi connectivity index (χ1) is 7.52. The molecular weight excluding hydrogens is 212 g/mol. The summed E-state index contributed by atoms with van der Waals surface area (Å²) in [5, 5.41) is 0. The SMILES string of the molecule is CCC=C(COC=O)C(=O)OC(=O)C(C)C. The van der Waals surface area contributed by atoms with E-state index < -0.39 is 11.9 Å². The van der Waals surface area contributed by atoms with Crippen LogP contribution in [-0.4, -0.2) is 25.0 Å². The average Bonchev–Trinajstić information content (AvgIpc) is 2.23. The second-order valence-electron chi connectivity index (χ2n) is 3.41. The third-order valence-corrected chi connectivity index (χ3v) is 1.68. The van der Waals surface area contributed by atoms with Crippen LogP contribution in [0.2, 0.25) is 0 Å². The number of ether oxygens (including phenoxy) is 2. The Morgan fingerprint density at radius 1 is 1.31 bits per heavy atom. The van der Waals surface area contributed by atoms with Crippen molar-refractivity contribution < 1.29 is 23.9 Å². The molecule has 0 aliphatic heterocycles. The van der Waals surface area contributed by atoms with Crippen molar-refractivity contribution in [2.45, 2.75) is 27.2 Å². The highest BCUT2D eigenvalue weighted by Gasteiger charge is 2.18. The Hall–Kier alpha value is -1.65. The van der Waals surface area contributed by atoms with Gasteiger partial charge in [-0.3, -0.25) is 9.59 Å². The summed E-state index contributed by atoms with van der Waals surface area (Å²) in [4.78, 5) is 32.6. The molecule has 0 atom stereocenters. The van der Waals surface area contributed by atoms with E-state index in [-0.39, 0.29) is 24.6 Å². The Labute approximate surface area is 94.4 Å². The molecule has 0 aromatic heterocycles. The monoisotopic (exact) mass is 228 g/mol. The zero-order valence-electron chi connectivity index (χ0n) is 9.69. The predicted molar refractivity (Wildman–Crippen MR) is 56.3 cm³/mol. The lowest BCUT2D eigenvalue weighted by Crippen LogP contribution is -2.20. The lowest BCUT2D eigenvalue weighted by atomic mass is 10.2. The van der Waals surface area contributed by atoms with E-state index in [1.165, 1.54) is 0 Å². The number of carbonyl (C=O) groups is 3. The van der Waals surface area contributed by atoms with Crippen LogP contribution in [0.4, 0.5) is 0 Å². The van der Waals surface area contributed by atoms with E-state index in [0.717, 1.165) is 0 Å². The van der Waals surface area contributed by atoms with Crippen molar-refractivity contribution in [1.82, 2.24) is 0 Å². The second-order valence-corrected chi connectivity index (χ2v) is 3.41. The van der Waals surface area contributed by atoms with Crippen molar-refractivity contribution in [3.63, 3.8) is 0 Å². The molecule has 0 aromatic rings. The van der Waals surface area contributed by atoms with Crippen LogP contribution in [-0.2, 0) is 23.9 Å². The van der Waals surface area contributed by atoms with Crippen molar-refractivity contribution in [3.8, 4) is 0 Å². The second kappa shape index (κ2) is 7.62. The zero-order valence-corrected chi connectivity index (χ0v) is 9.69. The lowest BCUT2D eigenvalue weighted by molar-refractivity contribution is -0.159. The third-order valence-electron chi connectivity index (χ3n) is 1.68. The minimum absolute atomic E-state index is 0.170. The Kier molecular flexibility index (Phi) is 6.83. The number of rotatable bonds is 6. The molecule has 90 valence electrons. The molecule has 0 fully saturated rings. The molecule has 0 unspecified atom stereocenters. The van der Waals surface area contributed by atoms with Gasteiger partial charge in [0.25, 0.3) is 6.47 Å². The van der Waals surface area contributed by atoms with Gasteiger partial charge in [0.1, 0.15) is 6.61 Å². The highest BCUT2D eigenvalue weighted by atomic mass is 16.6. The van der Waals surface area contributed by atoms with Gasteiger partial charge in [0.05, 0.1) is 11.5 Å². The molecular formula is C11H16O5. The first kappa shape index (κ1) is 14.3. The van der Waals surface area contributed by atoms with Crippen LogP contribution in [0.25, 0.3) is 0 Å². The molecule has 0 bridgehead atoms. The molecule has 5 heteroatoms. The Morgan fingerprint density at radius 2 is 1.94 bits per heavy atom. The van der Waals surface area contributed by atoms with Gasteiger partial charge in [0.2, 0.25) is 0 Å². The topological polar surface area (TPSA) is 69.7 Å². The van der Waals surface area contributed by atoms with Gasteiger partial charge < -0.3 is 9.47 Å². The van der Waals surface area contributed by atoms with Gasteiger partial charge in [0, 0.05) is 0 Å². The normalized spacial score (nSPS) is 11.1. The van der Waals surface area contributed by atoms with E-state index in [9.17, 15) is 14.4 Å². The molecule has 0 saturated carbocycles. The number of allylic oxidation sites excluding steroid dienone is 1. The number of esters is 2. The van der Waals surface area contributed by atoms with E-state index in [1.54, 1.807) is 19.9 Å². The highest BCUT2D eigenvalue weighted by molar-refractivity contribution is 5.96. The maximum absolute atomic E-state index is 11.4. The van der Waals surface area contributed by atoms with Crippen LogP contribution < -0.4 is 0 Å². The van der Waals surface area contributed by atoms with Crippen LogP contribution in [0.15, 0.2) is 11.6 Å². The molecule has 0 aliphatic carbocycles. The number of carbonyl (C=O) groups excluding carboxylic acids is 3. The summed E-state index contributed by atoms with van der Waals surface area (Å²) in [5.41, 5.74) is 0.170. The van der Waals surface area contributed by atoms with Crippen molar-refractivity contribution in [3.05, 3.63) is 11.6 Å². The van der Waals surface area contributed by atoms with E-state index >= 15 is 0 Å². The van der Waals surface area contributed by atoms with E-state index in [1.807, 2.05) is 6.92 Å². The standard InChI is InChI=1S/C11H16O5/c1-4-5-9(6-15-7-12)11(14)16-10(13)8(2)3/h5,7-8H,4,6H2,1-3H3. The largest absolute Gasteiger partial charge is 0.463 e. The summed E-state index contributed by atoms with van der Waals surface area (Å²) in [7, 11) is 0. The van der Waals surface area contributed by atoms with Crippen LogP contribution in [0.3, 0.4) is 0 Å². The van der Waals surface area contributed by atoms with Gasteiger partial charge in [0.15, 0.2) is 0 Å². The number of hydrogen-bond acceptors (Lipinski definition) is 5. The average molecular weight is 228 g/mol. The van der Waals surface area contributed by atoms with Crippen molar-refractivity contribution in [2.75, 3.05) is 6.61 Å². The lowest BCUT2D eigenvalue weighted by Gasteiger charge is -2.07. The molecule has 0 radical (unpaired) electrons. The minimum Gasteiger partial charge on any atom is -0.463 e. The predicted octanol–water partition coefficient (Wildman–Crippen LogP) is 1.22. The summed E-state index contributed by atoms with van der Waals surface area (Å²) in [6.45, 7) is 5.13. The van der Waals surface area contributed by atoms with Gasteiger partial charge in [-0.05, 0) is 6.42 Å². The molecule has 0 N–H and O–H groups in total. The summed E-state index contributed by atoms with van der Waals surface area (Å²) >= 11 is 0. The van der Waals surface area contributed by atoms with Crippen LogP contribution in [0.5, 0.6) is 0 Å². The third kappa shape index (κ3) is 5.29. The van der Waals surface area contributed by atoms with Crippen LogP contribution in [0.1, 0.15) is 27.2 Å². The smallest absolute Gasteiger partial charge is 0.344 e. The maximum Gasteiger partial charge on any atom is 0.344 e. The molecule has 0 amide bonds. The fourth-order valence-corrected chi connectivity index (χ4v) is 0.846. The van der Waals surface area contributed by atoms with E-state index in [4.69, 9.17) is 0 Å². The Balaban J connectivity index is 4.44. The zero-order chi connectivity index (χ0) is 12.6. The van der Waals surface area contributed by atoms with Crippen molar-refractivity contribution in [1.29, 1.82) is 0 Å².